The molecule has 45 heavy (non-hydrogen) atoms. The van der Waals surface area contributed by atoms with Gasteiger partial charge in [-0.05, 0) is 79.6 Å². The topological polar surface area (TPSA) is 93.6 Å². The van der Waals surface area contributed by atoms with Crippen LogP contribution in [0.5, 0.6) is 0 Å². The summed E-state index contributed by atoms with van der Waals surface area (Å²) >= 11 is 18.5. The molecular weight excluding hydrogens is 635 g/mol. The predicted molar refractivity (Wildman–Crippen MR) is 173 cm³/mol. The monoisotopic (exact) mass is 660 g/mol. The van der Waals surface area contributed by atoms with E-state index in [0.717, 1.165) is 19.3 Å². The normalized spacial score (nSPS) is 22.6. The molecule has 10 heteroatoms. The number of benzene rings is 3. The summed E-state index contributed by atoms with van der Waals surface area (Å²) in [5.74, 6) is -1.04. The Morgan fingerprint density at radius 1 is 0.911 bits per heavy atom. The smallest absolute Gasteiger partial charge is 0.339 e. The number of nitrogens with zero attached hydrogens (tertiary/aromatic N) is 2. The van der Waals surface area contributed by atoms with Gasteiger partial charge in [0, 0.05) is 33.8 Å². The fourth-order valence-electron chi connectivity index (χ4n) is 7.31. The summed E-state index contributed by atoms with van der Waals surface area (Å²) in [7, 11) is 0. The van der Waals surface area contributed by atoms with Crippen molar-refractivity contribution in [1.29, 1.82) is 0 Å². The van der Waals surface area contributed by atoms with Crippen LogP contribution < -0.4 is 4.90 Å². The molecule has 228 valence electrons. The number of hydrogen-bond acceptors (Lipinski definition) is 6. The number of ketones is 1. The van der Waals surface area contributed by atoms with Gasteiger partial charge in [-0.25, -0.2) is 9.78 Å². The zero-order valence-corrected chi connectivity index (χ0v) is 26.2. The lowest BCUT2D eigenvalue weighted by molar-refractivity contribution is -0.123. The quantitative estimate of drug-likeness (QED) is 0.0829. The molecule has 7 rings (SSSR count). The summed E-state index contributed by atoms with van der Waals surface area (Å²) in [5, 5.41) is 1.28. The molecule has 1 aromatic heterocycles. The van der Waals surface area contributed by atoms with E-state index in [1.165, 1.54) is 4.90 Å². The van der Waals surface area contributed by atoms with E-state index < -0.39 is 17.9 Å². The van der Waals surface area contributed by atoms with Crippen molar-refractivity contribution in [3.63, 3.8) is 0 Å². The lowest BCUT2D eigenvalue weighted by Crippen LogP contribution is -2.32. The molecular formula is C35H27Cl3N2O5. The van der Waals surface area contributed by atoms with Gasteiger partial charge in [-0.1, -0.05) is 47.5 Å². The van der Waals surface area contributed by atoms with Gasteiger partial charge in [0.2, 0.25) is 17.6 Å². The third-order valence-corrected chi connectivity index (χ3v) is 10.2. The summed E-state index contributed by atoms with van der Waals surface area (Å²) in [6.45, 7) is 0. The molecule has 7 nitrogen and oxygen atoms in total. The number of alkyl halides is 1. The van der Waals surface area contributed by atoms with Crippen LogP contribution in [0, 0.1) is 23.7 Å². The van der Waals surface area contributed by atoms with E-state index in [-0.39, 0.29) is 41.5 Å². The van der Waals surface area contributed by atoms with Crippen LogP contribution in [-0.4, -0.2) is 40.5 Å². The third-order valence-electron chi connectivity index (χ3n) is 9.40. The zero-order valence-electron chi connectivity index (χ0n) is 23.9. The Kier molecular flexibility index (Phi) is 7.88. The van der Waals surface area contributed by atoms with E-state index in [2.05, 4.69) is 0 Å². The highest BCUT2D eigenvalue weighted by Crippen LogP contribution is 2.56. The SMILES string of the molecule is O=C(OC(CCCl)C(=O)c1ccc(Cl)cc1)c1cc(-c2ccc(N3C(=O)C4C5CCC(C5)C4C3=O)cc2)nc2c(Cl)cccc12. The lowest BCUT2D eigenvalue weighted by atomic mass is 9.81. The average molecular weight is 662 g/mol. The zero-order chi connectivity index (χ0) is 31.4. The Balaban J connectivity index is 1.20. The van der Waals surface area contributed by atoms with Crippen LogP contribution in [0.4, 0.5) is 5.69 Å². The van der Waals surface area contributed by atoms with Gasteiger partial charge in [0.1, 0.15) is 0 Å². The van der Waals surface area contributed by atoms with Crippen LogP contribution in [0.1, 0.15) is 46.4 Å². The van der Waals surface area contributed by atoms with Gasteiger partial charge in [0.25, 0.3) is 0 Å². The highest BCUT2D eigenvalue weighted by Gasteiger charge is 2.61. The average Bonchev–Trinajstić information content (AvgIpc) is 3.74. The number of esters is 1. The maximum Gasteiger partial charge on any atom is 0.339 e. The second-order valence-corrected chi connectivity index (χ2v) is 13.1. The largest absolute Gasteiger partial charge is 0.450 e. The molecule has 3 aromatic carbocycles. The molecule has 3 aliphatic rings. The number of Topliss-reactive ketones (excluding diaryl/α,β-unsaturated/α-hetero) is 1. The summed E-state index contributed by atoms with van der Waals surface area (Å²) in [6, 6.07) is 20.0. The number of anilines is 1. The van der Waals surface area contributed by atoms with Gasteiger partial charge in [0.15, 0.2) is 6.10 Å². The molecule has 0 spiro atoms. The first-order valence-electron chi connectivity index (χ1n) is 14.9. The number of carbonyl (C=O) groups is 4. The van der Waals surface area contributed by atoms with E-state index in [1.54, 1.807) is 72.8 Å². The summed E-state index contributed by atoms with van der Waals surface area (Å²) in [5.41, 5.74) is 2.50. The van der Waals surface area contributed by atoms with Crippen molar-refractivity contribution in [1.82, 2.24) is 4.98 Å². The number of aromatic nitrogens is 1. The first-order valence-corrected chi connectivity index (χ1v) is 16.2. The molecule has 4 aromatic rings. The Morgan fingerprint density at radius 2 is 1.58 bits per heavy atom. The predicted octanol–water partition coefficient (Wildman–Crippen LogP) is 7.78. The minimum Gasteiger partial charge on any atom is -0.450 e. The number of halogens is 3. The highest BCUT2D eigenvalue weighted by atomic mass is 35.5. The van der Waals surface area contributed by atoms with Gasteiger partial charge in [-0.2, -0.15) is 0 Å². The summed E-state index contributed by atoms with van der Waals surface area (Å²) < 4.78 is 5.77. The number of imide groups is 1. The Morgan fingerprint density at radius 3 is 2.22 bits per heavy atom. The van der Waals surface area contributed by atoms with Gasteiger partial charge >= 0.3 is 5.97 Å². The van der Waals surface area contributed by atoms with Crippen LogP contribution in [0.15, 0.2) is 72.8 Å². The first-order chi connectivity index (χ1) is 21.7. The van der Waals surface area contributed by atoms with Gasteiger partial charge in [-0.3, -0.25) is 19.3 Å². The lowest BCUT2D eigenvalue weighted by Gasteiger charge is -2.19. The molecule has 0 radical (unpaired) electrons. The summed E-state index contributed by atoms with van der Waals surface area (Å²) in [6.07, 6.45) is 2.00. The number of ether oxygens (including phenoxy) is 1. The second kappa shape index (κ2) is 11.9. The van der Waals surface area contributed by atoms with Crippen LogP contribution in [0.3, 0.4) is 0 Å². The maximum absolute atomic E-state index is 13.7. The van der Waals surface area contributed by atoms with Crippen LogP contribution >= 0.6 is 34.8 Å². The molecule has 2 bridgehead atoms. The molecule has 0 N–H and O–H groups in total. The Hall–Kier alpha value is -3.78. The standard InChI is InChI=1S/C35H27Cl3N2O5/c36-15-14-28(32(41)19-6-10-22(37)11-7-19)45-35(44)25-17-27(39-31-24(25)2-1-3-26(31)38)18-8-12-23(13-9-18)40-33(42)29-20-4-5-21(16-20)30(29)34(40)43/h1-3,6-13,17,20-21,28-30H,4-5,14-16H2. The molecule has 2 heterocycles. The number of para-hydroxylation sites is 1. The van der Waals surface area contributed by atoms with Crippen molar-refractivity contribution < 1.29 is 23.9 Å². The fraction of sp³-hybridized carbons (Fsp3) is 0.286. The highest BCUT2D eigenvalue weighted by molar-refractivity contribution is 6.35. The maximum atomic E-state index is 13.7. The van der Waals surface area contributed by atoms with Crippen molar-refractivity contribution >= 4 is 75.0 Å². The molecule has 5 atom stereocenters. The Bertz CT molecular complexity index is 1830. The molecule has 1 aliphatic heterocycles. The van der Waals surface area contributed by atoms with Gasteiger partial charge in [0.05, 0.1) is 39.3 Å². The number of fused-ring (bicyclic) bond motifs is 6. The van der Waals surface area contributed by atoms with Crippen molar-refractivity contribution in [2.24, 2.45) is 23.7 Å². The van der Waals surface area contributed by atoms with Crippen LogP contribution in [-0.2, 0) is 14.3 Å². The minimum absolute atomic E-state index is 0.0998. The van der Waals surface area contributed by atoms with Gasteiger partial charge < -0.3 is 4.74 Å². The van der Waals surface area contributed by atoms with Crippen LogP contribution in [0.25, 0.3) is 22.2 Å². The van der Waals surface area contributed by atoms with E-state index in [4.69, 9.17) is 44.5 Å². The molecule has 2 saturated carbocycles. The van der Waals surface area contributed by atoms with E-state index in [1.807, 2.05) is 0 Å². The van der Waals surface area contributed by atoms with Gasteiger partial charge in [-0.15, -0.1) is 11.6 Å². The molecule has 2 amide bonds. The molecule has 2 aliphatic carbocycles. The number of rotatable bonds is 8. The number of carbonyl (C=O) groups excluding carboxylic acids is 4. The van der Waals surface area contributed by atoms with Crippen molar-refractivity contribution in [2.45, 2.75) is 31.8 Å². The number of amides is 2. The van der Waals surface area contributed by atoms with E-state index >= 15 is 0 Å². The van der Waals surface area contributed by atoms with Crippen molar-refractivity contribution in [2.75, 3.05) is 10.8 Å². The van der Waals surface area contributed by atoms with Crippen molar-refractivity contribution in [3.8, 4) is 11.3 Å². The first kappa shape index (κ1) is 29.9. The molecule has 1 saturated heterocycles. The van der Waals surface area contributed by atoms with Crippen LogP contribution in [0.2, 0.25) is 10.0 Å². The summed E-state index contributed by atoms with van der Waals surface area (Å²) in [4.78, 5) is 59.7. The number of pyridine rings is 1. The minimum atomic E-state index is -1.12. The van der Waals surface area contributed by atoms with E-state index in [0.29, 0.717) is 55.3 Å². The number of hydrogen-bond donors (Lipinski definition) is 0. The molecule has 3 fully saturated rings. The second-order valence-electron chi connectivity index (χ2n) is 11.9. The molecule has 5 unspecified atom stereocenters. The Labute approximate surface area is 274 Å². The van der Waals surface area contributed by atoms with Crippen molar-refractivity contribution in [3.05, 3.63) is 94.0 Å². The third kappa shape index (κ3) is 5.21. The van der Waals surface area contributed by atoms with E-state index in [9.17, 15) is 19.2 Å². The fourth-order valence-corrected chi connectivity index (χ4v) is 7.85.